The van der Waals surface area contributed by atoms with Gasteiger partial charge in [-0.1, -0.05) is 18.2 Å². The summed E-state index contributed by atoms with van der Waals surface area (Å²) in [5.41, 5.74) is 0.636. The molecule has 1 atom stereocenters. The number of nitrogens with zero attached hydrogens (tertiary/aromatic N) is 3. The van der Waals surface area contributed by atoms with E-state index in [2.05, 4.69) is 4.98 Å². The molecule has 1 N–H and O–H groups in total. The molecular weight excluding hydrogens is 393 g/mol. The molecule has 0 radical (unpaired) electrons. The average molecular weight is 418 g/mol. The van der Waals surface area contributed by atoms with E-state index in [1.54, 1.807) is 32.0 Å². The highest BCUT2D eigenvalue weighted by molar-refractivity contribution is 7.14. The third kappa shape index (κ3) is 4.09. The number of carbonyl (C=O) groups is 2. The standard InChI is InChI=1S/C21H24FN3O3S/c1-12-20(29-13(2)23-12)18(26)16-17(14-8-5-6-9-15(14)22)25(21(28)19(16)27)11-7-10-24(3)4/h5-6,8-9,17,27H,7,10-11H2,1-4H3/t17-/m0/s1. The van der Waals surface area contributed by atoms with Crippen molar-refractivity contribution >= 4 is 23.0 Å². The molecule has 2 aromatic rings. The molecule has 8 heteroatoms. The zero-order valence-electron chi connectivity index (χ0n) is 16.9. The molecule has 0 saturated carbocycles. The minimum atomic E-state index is -0.972. The molecule has 1 amide bonds. The van der Waals surface area contributed by atoms with Crippen LogP contribution in [0.1, 0.15) is 38.4 Å². The summed E-state index contributed by atoms with van der Waals surface area (Å²) in [6.07, 6.45) is 0.622. The third-order valence-electron chi connectivity index (χ3n) is 4.86. The first-order chi connectivity index (χ1) is 13.7. The topological polar surface area (TPSA) is 73.7 Å². The number of ketones is 1. The van der Waals surface area contributed by atoms with Crippen LogP contribution in [0.15, 0.2) is 35.6 Å². The lowest BCUT2D eigenvalue weighted by atomic mass is 9.94. The monoisotopic (exact) mass is 417 g/mol. The maximum Gasteiger partial charge on any atom is 0.290 e. The van der Waals surface area contributed by atoms with Gasteiger partial charge in [0.25, 0.3) is 5.91 Å². The first kappa shape index (κ1) is 21.1. The summed E-state index contributed by atoms with van der Waals surface area (Å²) in [4.78, 5) is 34.1. The van der Waals surface area contributed by atoms with E-state index < -0.39 is 29.3 Å². The zero-order chi connectivity index (χ0) is 21.3. The average Bonchev–Trinajstić information content (AvgIpc) is 3.12. The highest BCUT2D eigenvalue weighted by Gasteiger charge is 2.45. The van der Waals surface area contributed by atoms with E-state index in [4.69, 9.17) is 0 Å². The Labute approximate surface area is 173 Å². The second-order valence-corrected chi connectivity index (χ2v) is 8.52. The molecule has 1 aliphatic rings. The van der Waals surface area contributed by atoms with Crippen LogP contribution in [0.2, 0.25) is 0 Å². The molecule has 2 heterocycles. The Morgan fingerprint density at radius 2 is 2.00 bits per heavy atom. The molecule has 1 aromatic carbocycles. The summed E-state index contributed by atoms with van der Waals surface area (Å²) < 4.78 is 14.7. The molecule has 3 rings (SSSR count). The number of carbonyl (C=O) groups excluding carboxylic acids is 2. The third-order valence-corrected chi connectivity index (χ3v) is 5.93. The van der Waals surface area contributed by atoms with Crippen molar-refractivity contribution in [3.05, 3.63) is 62.6 Å². The summed E-state index contributed by atoms with van der Waals surface area (Å²) in [7, 11) is 3.83. The van der Waals surface area contributed by atoms with E-state index in [9.17, 15) is 19.1 Å². The molecule has 29 heavy (non-hydrogen) atoms. The zero-order valence-corrected chi connectivity index (χ0v) is 17.7. The van der Waals surface area contributed by atoms with Crippen LogP contribution in [0, 0.1) is 19.7 Å². The number of halogens is 1. The van der Waals surface area contributed by atoms with Crippen molar-refractivity contribution < 1.29 is 19.1 Å². The number of rotatable bonds is 7. The van der Waals surface area contributed by atoms with Gasteiger partial charge in [0.2, 0.25) is 5.78 Å². The normalized spacial score (nSPS) is 17.0. The minimum absolute atomic E-state index is 0.0864. The quantitative estimate of drug-likeness (QED) is 0.699. The lowest BCUT2D eigenvalue weighted by Gasteiger charge is -2.27. The fourth-order valence-electron chi connectivity index (χ4n) is 3.56. The van der Waals surface area contributed by atoms with Gasteiger partial charge in [0, 0.05) is 12.1 Å². The van der Waals surface area contributed by atoms with Gasteiger partial charge in [0.15, 0.2) is 5.76 Å². The van der Waals surface area contributed by atoms with Crippen molar-refractivity contribution in [1.82, 2.24) is 14.8 Å². The Hall–Kier alpha value is -2.58. The van der Waals surface area contributed by atoms with Crippen molar-refractivity contribution in [3.63, 3.8) is 0 Å². The number of hydrogen-bond acceptors (Lipinski definition) is 6. The van der Waals surface area contributed by atoms with Gasteiger partial charge in [-0.25, -0.2) is 9.37 Å². The fourth-order valence-corrected chi connectivity index (χ4v) is 4.43. The first-order valence-corrected chi connectivity index (χ1v) is 10.2. The predicted octanol–water partition coefficient (Wildman–Crippen LogP) is 3.43. The Kier molecular flexibility index (Phi) is 6.14. The van der Waals surface area contributed by atoms with Gasteiger partial charge in [-0.05, 0) is 47.0 Å². The van der Waals surface area contributed by atoms with Crippen LogP contribution in [0.3, 0.4) is 0 Å². The summed E-state index contributed by atoms with van der Waals surface area (Å²) in [5, 5.41) is 11.3. The van der Waals surface area contributed by atoms with Crippen molar-refractivity contribution in [2.75, 3.05) is 27.2 Å². The van der Waals surface area contributed by atoms with Crippen molar-refractivity contribution in [2.45, 2.75) is 26.3 Å². The molecule has 0 fully saturated rings. The van der Waals surface area contributed by atoms with Gasteiger partial charge in [-0.2, -0.15) is 0 Å². The lowest BCUT2D eigenvalue weighted by Crippen LogP contribution is -2.34. The Balaban J connectivity index is 2.06. The molecular formula is C21H24FN3O3S. The second kappa shape index (κ2) is 8.42. The number of amides is 1. The van der Waals surface area contributed by atoms with Crippen LogP contribution >= 0.6 is 11.3 Å². The van der Waals surface area contributed by atoms with Gasteiger partial charge in [0.1, 0.15) is 5.82 Å². The molecule has 0 spiro atoms. The predicted molar refractivity (Wildman–Crippen MR) is 110 cm³/mol. The molecule has 1 aromatic heterocycles. The van der Waals surface area contributed by atoms with Gasteiger partial charge in [-0.15, -0.1) is 11.3 Å². The largest absolute Gasteiger partial charge is 0.503 e. The number of hydrogen-bond donors (Lipinski definition) is 1. The van der Waals surface area contributed by atoms with Gasteiger partial charge in [-0.3, -0.25) is 9.59 Å². The van der Waals surface area contributed by atoms with E-state index in [1.165, 1.54) is 22.3 Å². The Morgan fingerprint density at radius 1 is 1.31 bits per heavy atom. The van der Waals surface area contributed by atoms with Crippen LogP contribution in [0.4, 0.5) is 4.39 Å². The van der Waals surface area contributed by atoms with Gasteiger partial charge >= 0.3 is 0 Å². The second-order valence-electron chi connectivity index (χ2n) is 7.32. The first-order valence-electron chi connectivity index (χ1n) is 9.34. The van der Waals surface area contributed by atoms with Crippen LogP contribution < -0.4 is 0 Å². The summed E-state index contributed by atoms with van der Waals surface area (Å²) in [6.45, 7) is 4.49. The number of Topliss-reactive ketones (excluding diaryl/α,β-unsaturated/α-hetero) is 1. The Morgan fingerprint density at radius 3 is 2.59 bits per heavy atom. The Bertz CT molecular complexity index is 983. The van der Waals surface area contributed by atoms with E-state index in [1.807, 2.05) is 19.0 Å². The molecule has 6 nitrogen and oxygen atoms in total. The van der Waals surface area contributed by atoms with Crippen LogP contribution in [0.5, 0.6) is 0 Å². The number of benzene rings is 1. The van der Waals surface area contributed by atoms with Crippen molar-refractivity contribution in [1.29, 1.82) is 0 Å². The molecule has 1 aliphatic heterocycles. The van der Waals surface area contributed by atoms with Crippen LogP contribution in [0.25, 0.3) is 0 Å². The van der Waals surface area contributed by atoms with Crippen LogP contribution in [-0.2, 0) is 4.79 Å². The SMILES string of the molecule is Cc1nc(C)c(C(=O)C2=C(O)C(=O)N(CCCN(C)C)[C@H]2c2ccccc2F)s1. The van der Waals surface area contributed by atoms with E-state index in [-0.39, 0.29) is 17.7 Å². The summed E-state index contributed by atoms with van der Waals surface area (Å²) in [5.74, 6) is -2.28. The molecule has 0 unspecified atom stereocenters. The molecule has 154 valence electrons. The summed E-state index contributed by atoms with van der Waals surface area (Å²) >= 11 is 1.20. The fraction of sp³-hybridized carbons (Fsp3) is 0.381. The van der Waals surface area contributed by atoms with E-state index in [0.717, 1.165) is 0 Å². The van der Waals surface area contributed by atoms with E-state index >= 15 is 0 Å². The maximum atomic E-state index is 14.7. The van der Waals surface area contributed by atoms with E-state index in [0.29, 0.717) is 28.5 Å². The van der Waals surface area contributed by atoms with Gasteiger partial charge < -0.3 is 14.9 Å². The molecule has 0 saturated heterocycles. The smallest absolute Gasteiger partial charge is 0.290 e. The number of aryl methyl sites for hydroxylation is 2. The number of aromatic nitrogens is 1. The van der Waals surface area contributed by atoms with Crippen LogP contribution in [-0.4, -0.2) is 58.8 Å². The van der Waals surface area contributed by atoms with Crippen molar-refractivity contribution in [2.24, 2.45) is 0 Å². The minimum Gasteiger partial charge on any atom is -0.503 e. The number of aliphatic hydroxyl groups is 1. The maximum absolute atomic E-state index is 14.7. The van der Waals surface area contributed by atoms with Crippen molar-refractivity contribution in [3.8, 4) is 0 Å². The highest BCUT2D eigenvalue weighted by Crippen LogP contribution is 2.40. The molecule has 0 bridgehead atoms. The van der Waals surface area contributed by atoms with Gasteiger partial charge in [0.05, 0.1) is 27.2 Å². The lowest BCUT2D eigenvalue weighted by molar-refractivity contribution is -0.129. The highest BCUT2D eigenvalue weighted by atomic mass is 32.1. The molecule has 0 aliphatic carbocycles. The summed E-state index contributed by atoms with van der Waals surface area (Å²) in [6, 6.07) is 5.06. The number of thiazole rings is 1. The number of aliphatic hydroxyl groups excluding tert-OH is 1.